The van der Waals surface area contributed by atoms with Crippen LogP contribution in [-0.4, -0.2) is 22.8 Å². The second-order valence-corrected chi connectivity index (χ2v) is 7.96. The Morgan fingerprint density at radius 1 is 0.912 bits per heavy atom. The van der Waals surface area contributed by atoms with Crippen LogP contribution < -0.4 is 4.90 Å². The quantitative estimate of drug-likeness (QED) is 0.309. The molecule has 7 heteroatoms. The lowest BCUT2D eigenvalue weighted by Crippen LogP contribution is -2.29. The average Bonchev–Trinajstić information content (AvgIpc) is 3.35. The summed E-state index contributed by atoms with van der Waals surface area (Å²) in [6.45, 7) is 3.50. The predicted octanol–water partition coefficient (Wildman–Crippen LogP) is 5.12. The number of ether oxygens (including phenoxy) is 1. The predicted molar refractivity (Wildman–Crippen MR) is 125 cm³/mol. The van der Waals surface area contributed by atoms with E-state index in [0.717, 1.165) is 16.0 Å². The van der Waals surface area contributed by atoms with E-state index >= 15 is 0 Å². The van der Waals surface area contributed by atoms with Gasteiger partial charge < -0.3 is 9.15 Å². The number of aromatic nitrogens is 1. The van der Waals surface area contributed by atoms with Crippen LogP contribution in [0.15, 0.2) is 77.2 Å². The third kappa shape index (κ3) is 3.67. The number of imide groups is 1. The van der Waals surface area contributed by atoms with Gasteiger partial charge in [-0.25, -0.2) is 14.7 Å². The number of benzene rings is 3. The van der Waals surface area contributed by atoms with E-state index < -0.39 is 17.8 Å². The van der Waals surface area contributed by atoms with Gasteiger partial charge in [-0.2, -0.15) is 0 Å². The van der Waals surface area contributed by atoms with Gasteiger partial charge >= 0.3 is 5.97 Å². The van der Waals surface area contributed by atoms with Crippen molar-refractivity contribution >= 4 is 23.5 Å². The van der Waals surface area contributed by atoms with Crippen LogP contribution >= 0.6 is 0 Å². The lowest BCUT2D eigenvalue weighted by atomic mass is 10.1. The number of oxazole rings is 1. The number of esters is 1. The van der Waals surface area contributed by atoms with Crippen LogP contribution in [0.2, 0.25) is 0 Å². The largest absolute Gasteiger partial charge is 0.455 e. The van der Waals surface area contributed by atoms with E-state index in [0.29, 0.717) is 23.0 Å². The zero-order valence-electron chi connectivity index (χ0n) is 18.6. The first-order valence-corrected chi connectivity index (χ1v) is 10.7. The van der Waals surface area contributed by atoms with Crippen molar-refractivity contribution in [1.82, 2.24) is 4.98 Å². The highest BCUT2D eigenvalue weighted by atomic mass is 16.5. The molecule has 3 aromatic carbocycles. The second-order valence-electron chi connectivity index (χ2n) is 7.96. The summed E-state index contributed by atoms with van der Waals surface area (Å²) in [5.74, 6) is -0.511. The fraction of sp³-hybridized carbons (Fsp3) is 0.111. The van der Waals surface area contributed by atoms with Crippen LogP contribution in [0.4, 0.5) is 5.69 Å². The number of carbonyl (C=O) groups excluding carboxylic acids is 3. The van der Waals surface area contributed by atoms with E-state index in [9.17, 15) is 14.4 Å². The average molecular weight is 452 g/mol. The van der Waals surface area contributed by atoms with Crippen molar-refractivity contribution in [2.45, 2.75) is 20.5 Å². The van der Waals surface area contributed by atoms with Crippen LogP contribution in [0.3, 0.4) is 0 Å². The summed E-state index contributed by atoms with van der Waals surface area (Å²) < 4.78 is 11.1. The minimum Gasteiger partial charge on any atom is -0.455 e. The highest BCUT2D eigenvalue weighted by Crippen LogP contribution is 2.31. The molecule has 2 amide bonds. The summed E-state index contributed by atoms with van der Waals surface area (Å²) in [6, 6.07) is 21.0. The molecule has 1 aliphatic heterocycles. The minimum atomic E-state index is -0.624. The molecule has 0 unspecified atom stereocenters. The number of carbonyl (C=O) groups is 3. The molecule has 5 rings (SSSR count). The normalized spacial score (nSPS) is 12.7. The number of nitrogens with zero attached hydrogens (tertiary/aromatic N) is 2. The fourth-order valence-corrected chi connectivity index (χ4v) is 3.88. The summed E-state index contributed by atoms with van der Waals surface area (Å²) in [5, 5.41) is 0. The Bertz CT molecular complexity index is 1440. The molecule has 168 valence electrons. The van der Waals surface area contributed by atoms with Crippen LogP contribution in [0.1, 0.15) is 48.1 Å². The van der Waals surface area contributed by atoms with E-state index in [4.69, 9.17) is 9.15 Å². The maximum atomic E-state index is 13.0. The Kier molecular flexibility index (Phi) is 5.30. The van der Waals surface area contributed by atoms with Gasteiger partial charge in [-0.3, -0.25) is 9.59 Å². The Labute approximate surface area is 195 Å². The molecule has 0 spiro atoms. The Morgan fingerprint density at radius 3 is 2.38 bits per heavy atom. The summed E-state index contributed by atoms with van der Waals surface area (Å²) >= 11 is 0. The van der Waals surface area contributed by atoms with Gasteiger partial charge in [-0.05, 0) is 55.8 Å². The summed E-state index contributed by atoms with van der Waals surface area (Å²) in [6.07, 6.45) is 0. The molecule has 2 heterocycles. The van der Waals surface area contributed by atoms with Gasteiger partial charge in [-0.1, -0.05) is 36.4 Å². The molecule has 0 fully saturated rings. The van der Waals surface area contributed by atoms with Crippen LogP contribution in [0, 0.1) is 13.8 Å². The first-order chi connectivity index (χ1) is 16.4. The first-order valence-electron chi connectivity index (χ1n) is 10.7. The Balaban J connectivity index is 1.34. The molecule has 0 saturated carbocycles. The number of amides is 2. The second kappa shape index (κ2) is 8.44. The molecule has 0 atom stereocenters. The highest BCUT2D eigenvalue weighted by molar-refractivity contribution is 6.34. The van der Waals surface area contributed by atoms with Crippen LogP contribution in [0.25, 0.3) is 11.5 Å². The number of anilines is 1. The first kappa shape index (κ1) is 21.3. The van der Waals surface area contributed by atoms with Crippen molar-refractivity contribution in [2.75, 3.05) is 4.90 Å². The van der Waals surface area contributed by atoms with Crippen molar-refractivity contribution in [1.29, 1.82) is 0 Å². The lowest BCUT2D eigenvalue weighted by molar-refractivity contribution is 0.0466. The van der Waals surface area contributed by atoms with E-state index in [1.165, 1.54) is 18.2 Å². The molecule has 0 N–H and O–H groups in total. The number of hydrogen-bond donors (Lipinski definition) is 0. The van der Waals surface area contributed by atoms with Crippen molar-refractivity contribution < 1.29 is 23.5 Å². The molecule has 7 nitrogen and oxygen atoms in total. The smallest absolute Gasteiger partial charge is 0.338 e. The van der Waals surface area contributed by atoms with Crippen molar-refractivity contribution in [2.24, 2.45) is 0 Å². The standard InChI is InChI=1S/C27H20N2O5/c1-16-8-6-7-11-23(16)29-25(30)20-13-12-19(14-21(20)26(29)31)27(32)33-15-22-17(2)34-24(28-22)18-9-4-3-5-10-18/h3-14H,15H2,1-2H3. The zero-order valence-corrected chi connectivity index (χ0v) is 18.6. The highest BCUT2D eigenvalue weighted by Gasteiger charge is 2.37. The van der Waals surface area contributed by atoms with Crippen molar-refractivity contribution in [3.63, 3.8) is 0 Å². The van der Waals surface area contributed by atoms with Gasteiger partial charge in [0.25, 0.3) is 11.8 Å². The van der Waals surface area contributed by atoms with Gasteiger partial charge in [-0.15, -0.1) is 0 Å². The van der Waals surface area contributed by atoms with Gasteiger partial charge in [0.1, 0.15) is 18.1 Å². The number of aryl methyl sites for hydroxylation is 2. The molecule has 1 aromatic heterocycles. The summed E-state index contributed by atoms with van der Waals surface area (Å²) in [7, 11) is 0. The van der Waals surface area contributed by atoms with E-state index in [2.05, 4.69) is 4.98 Å². The maximum Gasteiger partial charge on any atom is 0.338 e. The lowest BCUT2D eigenvalue weighted by Gasteiger charge is -2.16. The van der Waals surface area contributed by atoms with Crippen molar-refractivity contribution in [3.05, 3.63) is 107 Å². The SMILES string of the molecule is Cc1ccccc1N1C(=O)c2ccc(C(=O)OCc3nc(-c4ccccc4)oc3C)cc2C1=O. The maximum absolute atomic E-state index is 13.0. The topological polar surface area (TPSA) is 89.7 Å². The minimum absolute atomic E-state index is 0.0830. The molecule has 0 aliphatic carbocycles. The summed E-state index contributed by atoms with van der Waals surface area (Å²) in [5.41, 5.74) is 3.25. The third-order valence-electron chi connectivity index (χ3n) is 5.73. The molecule has 4 aromatic rings. The summed E-state index contributed by atoms with van der Waals surface area (Å²) in [4.78, 5) is 44.2. The van der Waals surface area contributed by atoms with E-state index in [1.807, 2.05) is 49.4 Å². The Hall–Kier alpha value is -4.52. The number of hydrogen-bond acceptors (Lipinski definition) is 6. The number of fused-ring (bicyclic) bond motifs is 1. The molecular formula is C27H20N2O5. The van der Waals surface area contributed by atoms with E-state index in [1.54, 1.807) is 19.1 Å². The van der Waals surface area contributed by atoms with E-state index in [-0.39, 0.29) is 23.3 Å². The Morgan fingerprint density at radius 2 is 1.62 bits per heavy atom. The van der Waals surface area contributed by atoms with Gasteiger partial charge in [0.2, 0.25) is 5.89 Å². The van der Waals surface area contributed by atoms with Gasteiger partial charge in [0.05, 0.1) is 22.4 Å². The molecular weight excluding hydrogens is 432 g/mol. The molecule has 0 radical (unpaired) electrons. The molecule has 34 heavy (non-hydrogen) atoms. The number of para-hydroxylation sites is 1. The third-order valence-corrected chi connectivity index (χ3v) is 5.73. The monoisotopic (exact) mass is 452 g/mol. The molecule has 0 bridgehead atoms. The fourth-order valence-electron chi connectivity index (χ4n) is 3.88. The number of rotatable bonds is 5. The van der Waals surface area contributed by atoms with Gasteiger partial charge in [0.15, 0.2) is 0 Å². The molecule has 0 saturated heterocycles. The van der Waals surface area contributed by atoms with Crippen LogP contribution in [0.5, 0.6) is 0 Å². The zero-order chi connectivity index (χ0) is 23.8. The van der Waals surface area contributed by atoms with Crippen molar-refractivity contribution in [3.8, 4) is 11.5 Å². The van der Waals surface area contributed by atoms with Crippen LogP contribution in [-0.2, 0) is 11.3 Å². The molecule has 1 aliphatic rings. The van der Waals surface area contributed by atoms with Gasteiger partial charge in [0, 0.05) is 5.56 Å².